The monoisotopic (exact) mass is 411 g/mol. The minimum atomic E-state index is -1.77. The molecule has 0 fully saturated rings. The first-order valence-corrected chi connectivity index (χ1v) is 11.2. The topological polar surface area (TPSA) is 81.7 Å². The van der Waals surface area contributed by atoms with Crippen LogP contribution >= 0.6 is 0 Å². The molecule has 0 spiro atoms. The number of carbonyl (C=O) groups is 3. The van der Waals surface area contributed by atoms with Gasteiger partial charge in [-0.1, -0.05) is 57.6 Å². The van der Waals surface area contributed by atoms with Gasteiger partial charge < -0.3 is 14.8 Å². The lowest BCUT2D eigenvalue weighted by Gasteiger charge is -2.29. The number of hydrogen-bond donors (Lipinski definition) is 1. The van der Waals surface area contributed by atoms with Crippen molar-refractivity contribution in [3.8, 4) is 0 Å². The first-order chi connectivity index (χ1) is 13.9. The fourth-order valence-corrected chi connectivity index (χ4v) is 3.20. The smallest absolute Gasteiger partial charge is 0.343 e. The van der Waals surface area contributed by atoms with Crippen molar-refractivity contribution in [3.05, 3.63) is 12.2 Å². The largest absolute Gasteiger partial charge is 0.464 e. The first-order valence-electron chi connectivity index (χ1n) is 11.2. The van der Waals surface area contributed by atoms with Crippen molar-refractivity contribution in [1.82, 2.24) is 5.32 Å². The van der Waals surface area contributed by atoms with Gasteiger partial charge in [0.1, 0.15) is 0 Å². The van der Waals surface area contributed by atoms with Crippen LogP contribution in [-0.2, 0) is 23.9 Å². The SMILES string of the molecule is CCCCCCCCC/C=C/CCCC(NC(C)=O)(C(=O)OCC)C(=O)OCC. The summed E-state index contributed by atoms with van der Waals surface area (Å²) in [5, 5.41) is 2.49. The molecule has 0 rings (SSSR count). The fourth-order valence-electron chi connectivity index (χ4n) is 3.20. The minimum Gasteiger partial charge on any atom is -0.464 e. The Labute approximate surface area is 176 Å². The lowest BCUT2D eigenvalue weighted by atomic mass is 9.92. The predicted octanol–water partition coefficient (Wildman–Crippen LogP) is 4.85. The molecule has 0 saturated heterocycles. The van der Waals surface area contributed by atoms with Gasteiger partial charge in [0.25, 0.3) is 0 Å². The number of hydrogen-bond acceptors (Lipinski definition) is 5. The van der Waals surface area contributed by atoms with Crippen molar-refractivity contribution < 1.29 is 23.9 Å². The second-order valence-corrected chi connectivity index (χ2v) is 7.30. The fraction of sp³-hybridized carbons (Fsp3) is 0.783. The van der Waals surface area contributed by atoms with Gasteiger partial charge in [0.2, 0.25) is 11.4 Å². The first kappa shape index (κ1) is 27.1. The zero-order valence-corrected chi connectivity index (χ0v) is 18.9. The minimum absolute atomic E-state index is 0.123. The van der Waals surface area contributed by atoms with Gasteiger partial charge in [-0.25, -0.2) is 9.59 Å². The van der Waals surface area contributed by atoms with Crippen LogP contribution in [-0.4, -0.2) is 36.6 Å². The maximum Gasteiger partial charge on any atom is 0.343 e. The summed E-state index contributed by atoms with van der Waals surface area (Å²) in [5.41, 5.74) is -1.77. The molecule has 0 unspecified atom stereocenters. The number of esters is 2. The molecular weight excluding hydrogens is 370 g/mol. The van der Waals surface area contributed by atoms with E-state index in [4.69, 9.17) is 9.47 Å². The Morgan fingerprint density at radius 2 is 1.24 bits per heavy atom. The van der Waals surface area contributed by atoms with Crippen molar-refractivity contribution in [2.75, 3.05) is 13.2 Å². The summed E-state index contributed by atoms with van der Waals surface area (Å²) in [6.45, 7) is 7.07. The summed E-state index contributed by atoms with van der Waals surface area (Å²) in [4.78, 5) is 36.6. The molecule has 29 heavy (non-hydrogen) atoms. The zero-order chi connectivity index (χ0) is 22.0. The van der Waals surface area contributed by atoms with Gasteiger partial charge in [-0.2, -0.15) is 0 Å². The van der Waals surface area contributed by atoms with E-state index in [1.165, 1.54) is 51.9 Å². The Kier molecular flexibility index (Phi) is 16.0. The van der Waals surface area contributed by atoms with E-state index in [9.17, 15) is 14.4 Å². The molecule has 0 aromatic heterocycles. The average Bonchev–Trinajstić information content (AvgIpc) is 2.67. The third-order valence-corrected chi connectivity index (χ3v) is 4.70. The second kappa shape index (κ2) is 17.0. The highest BCUT2D eigenvalue weighted by molar-refractivity contribution is 6.07. The molecule has 6 nitrogen and oxygen atoms in total. The van der Waals surface area contributed by atoms with Crippen LogP contribution in [0.5, 0.6) is 0 Å². The highest BCUT2D eigenvalue weighted by Crippen LogP contribution is 2.20. The zero-order valence-electron chi connectivity index (χ0n) is 18.9. The molecule has 1 amide bonds. The summed E-state index contributed by atoms with van der Waals surface area (Å²) in [5.74, 6) is -2.00. The normalized spacial score (nSPS) is 11.4. The van der Waals surface area contributed by atoms with Crippen LogP contribution in [0.15, 0.2) is 12.2 Å². The molecule has 0 aromatic carbocycles. The van der Waals surface area contributed by atoms with Crippen LogP contribution in [0.1, 0.15) is 98.3 Å². The number of rotatable bonds is 17. The lowest BCUT2D eigenvalue weighted by molar-refractivity contribution is -0.168. The summed E-state index contributed by atoms with van der Waals surface area (Å²) in [7, 11) is 0. The van der Waals surface area contributed by atoms with E-state index in [1.54, 1.807) is 13.8 Å². The van der Waals surface area contributed by atoms with Crippen molar-refractivity contribution in [2.45, 2.75) is 104 Å². The van der Waals surface area contributed by atoms with Gasteiger partial charge in [0.05, 0.1) is 13.2 Å². The number of ether oxygens (including phenoxy) is 2. The molecule has 0 aliphatic heterocycles. The molecule has 0 radical (unpaired) electrons. The molecular formula is C23H41NO5. The van der Waals surface area contributed by atoms with Gasteiger partial charge in [-0.05, 0) is 46.0 Å². The van der Waals surface area contributed by atoms with E-state index in [1.807, 2.05) is 0 Å². The summed E-state index contributed by atoms with van der Waals surface area (Å²) in [6, 6.07) is 0. The Morgan fingerprint density at radius 1 is 0.759 bits per heavy atom. The van der Waals surface area contributed by atoms with E-state index in [2.05, 4.69) is 24.4 Å². The molecule has 0 saturated carbocycles. The number of carbonyl (C=O) groups excluding carboxylic acids is 3. The van der Waals surface area contributed by atoms with Gasteiger partial charge >= 0.3 is 11.9 Å². The molecule has 168 valence electrons. The highest BCUT2D eigenvalue weighted by atomic mass is 16.6. The molecule has 0 atom stereocenters. The van der Waals surface area contributed by atoms with Crippen LogP contribution in [0.25, 0.3) is 0 Å². The molecule has 0 aromatic rings. The maximum atomic E-state index is 12.5. The maximum absolute atomic E-state index is 12.5. The van der Waals surface area contributed by atoms with Crippen LogP contribution < -0.4 is 5.32 Å². The molecule has 0 aliphatic rings. The van der Waals surface area contributed by atoms with Crippen LogP contribution in [0, 0.1) is 0 Å². The summed E-state index contributed by atoms with van der Waals surface area (Å²) >= 11 is 0. The highest BCUT2D eigenvalue weighted by Gasteiger charge is 2.49. The number of allylic oxidation sites excluding steroid dienone is 2. The Morgan fingerprint density at radius 3 is 1.72 bits per heavy atom. The molecule has 0 aliphatic carbocycles. The van der Waals surface area contributed by atoms with E-state index >= 15 is 0 Å². The Balaban J connectivity index is 4.52. The predicted molar refractivity (Wildman–Crippen MR) is 115 cm³/mol. The van der Waals surface area contributed by atoms with E-state index in [0.717, 1.165) is 12.8 Å². The second-order valence-electron chi connectivity index (χ2n) is 7.30. The average molecular weight is 412 g/mol. The van der Waals surface area contributed by atoms with Crippen LogP contribution in [0.4, 0.5) is 0 Å². The molecule has 6 heteroatoms. The Hall–Kier alpha value is -1.85. The quantitative estimate of drug-likeness (QED) is 0.160. The van der Waals surface area contributed by atoms with E-state index < -0.39 is 23.4 Å². The van der Waals surface area contributed by atoms with Gasteiger partial charge in [0, 0.05) is 6.92 Å². The number of nitrogens with one attached hydrogen (secondary N) is 1. The Bertz CT molecular complexity index is 483. The number of unbranched alkanes of at least 4 members (excludes halogenated alkanes) is 8. The number of amides is 1. The van der Waals surface area contributed by atoms with Gasteiger partial charge in [0.15, 0.2) is 0 Å². The third kappa shape index (κ3) is 11.7. The molecule has 0 heterocycles. The lowest BCUT2D eigenvalue weighted by Crippen LogP contribution is -2.61. The van der Waals surface area contributed by atoms with E-state index in [0.29, 0.717) is 6.42 Å². The molecule has 0 bridgehead atoms. The van der Waals surface area contributed by atoms with Crippen LogP contribution in [0.2, 0.25) is 0 Å². The van der Waals surface area contributed by atoms with Crippen molar-refractivity contribution in [1.29, 1.82) is 0 Å². The van der Waals surface area contributed by atoms with Crippen molar-refractivity contribution in [2.24, 2.45) is 0 Å². The summed E-state index contributed by atoms with van der Waals surface area (Å²) < 4.78 is 10.1. The molecule has 1 N–H and O–H groups in total. The van der Waals surface area contributed by atoms with E-state index in [-0.39, 0.29) is 19.6 Å². The van der Waals surface area contributed by atoms with Gasteiger partial charge in [-0.15, -0.1) is 0 Å². The van der Waals surface area contributed by atoms with Crippen molar-refractivity contribution >= 4 is 17.8 Å². The van der Waals surface area contributed by atoms with Crippen molar-refractivity contribution in [3.63, 3.8) is 0 Å². The van der Waals surface area contributed by atoms with Gasteiger partial charge in [-0.3, -0.25) is 4.79 Å². The summed E-state index contributed by atoms with van der Waals surface area (Å²) in [6.07, 6.45) is 15.7. The van der Waals surface area contributed by atoms with Crippen LogP contribution in [0.3, 0.4) is 0 Å². The standard InChI is InChI=1S/C23H41NO5/c1-5-8-9-10-11-12-13-14-15-16-17-18-19-23(24-20(4)25,21(26)28-6-2)22(27)29-7-3/h15-16H,5-14,17-19H2,1-4H3,(H,24,25)/b16-15+. The third-order valence-electron chi connectivity index (χ3n) is 4.70.